The molecule has 2 aromatic carbocycles. The van der Waals surface area contributed by atoms with Gasteiger partial charge in [0.2, 0.25) is 0 Å². The number of carbonyl (C=O) groups is 2. The highest BCUT2D eigenvalue weighted by Crippen LogP contribution is 2.15. The molecule has 0 aliphatic rings. The SMILES string of the molecule is COC(=O)c1ccc(COc2ccc(/C=N/NC(=O)CSc3nc(C)cc(C)n3)cc2)cc1. The van der Waals surface area contributed by atoms with Gasteiger partial charge in [0.1, 0.15) is 12.4 Å². The molecule has 0 aliphatic carbocycles. The molecule has 3 rings (SSSR count). The second kappa shape index (κ2) is 11.8. The lowest BCUT2D eigenvalue weighted by Gasteiger charge is -2.07. The van der Waals surface area contributed by atoms with Crippen molar-refractivity contribution in [1.29, 1.82) is 0 Å². The largest absolute Gasteiger partial charge is 0.489 e. The van der Waals surface area contributed by atoms with Crippen molar-refractivity contribution >= 4 is 29.9 Å². The van der Waals surface area contributed by atoms with Gasteiger partial charge in [0, 0.05) is 11.4 Å². The van der Waals surface area contributed by atoms with E-state index in [9.17, 15) is 9.59 Å². The van der Waals surface area contributed by atoms with Crippen LogP contribution in [0.4, 0.5) is 0 Å². The average Bonchev–Trinajstić information content (AvgIpc) is 2.81. The summed E-state index contributed by atoms with van der Waals surface area (Å²) < 4.78 is 10.4. The monoisotopic (exact) mass is 464 g/mol. The van der Waals surface area contributed by atoms with Crippen LogP contribution in [0.1, 0.15) is 32.9 Å². The number of hydrogen-bond acceptors (Lipinski definition) is 8. The maximum atomic E-state index is 12.0. The van der Waals surface area contributed by atoms with E-state index in [-0.39, 0.29) is 17.6 Å². The van der Waals surface area contributed by atoms with E-state index < -0.39 is 0 Å². The van der Waals surface area contributed by atoms with Crippen molar-refractivity contribution in [2.24, 2.45) is 5.10 Å². The Kier molecular flexibility index (Phi) is 8.54. The van der Waals surface area contributed by atoms with Gasteiger partial charge in [-0.3, -0.25) is 4.79 Å². The van der Waals surface area contributed by atoms with Gasteiger partial charge in [-0.1, -0.05) is 23.9 Å². The van der Waals surface area contributed by atoms with E-state index in [4.69, 9.17) is 4.74 Å². The summed E-state index contributed by atoms with van der Waals surface area (Å²) in [5.41, 5.74) is 6.47. The van der Waals surface area contributed by atoms with Gasteiger partial charge < -0.3 is 9.47 Å². The lowest BCUT2D eigenvalue weighted by Crippen LogP contribution is -2.19. The molecule has 0 radical (unpaired) electrons. The van der Waals surface area contributed by atoms with Crippen LogP contribution >= 0.6 is 11.8 Å². The second-order valence-corrected chi connectivity index (χ2v) is 8.00. The molecule has 1 heterocycles. The van der Waals surface area contributed by atoms with E-state index in [1.54, 1.807) is 18.3 Å². The summed E-state index contributed by atoms with van der Waals surface area (Å²) in [4.78, 5) is 32.0. The van der Waals surface area contributed by atoms with Crippen molar-refractivity contribution in [3.8, 4) is 5.75 Å². The van der Waals surface area contributed by atoms with Crippen molar-refractivity contribution in [3.05, 3.63) is 82.7 Å². The number of aromatic nitrogens is 2. The number of esters is 1. The number of hydrazone groups is 1. The molecule has 0 bridgehead atoms. The summed E-state index contributed by atoms with van der Waals surface area (Å²) in [6.45, 7) is 4.15. The van der Waals surface area contributed by atoms with Gasteiger partial charge in [-0.25, -0.2) is 20.2 Å². The van der Waals surface area contributed by atoms with E-state index >= 15 is 0 Å². The second-order valence-electron chi connectivity index (χ2n) is 7.06. The van der Waals surface area contributed by atoms with Crippen LogP contribution in [-0.4, -0.2) is 40.9 Å². The van der Waals surface area contributed by atoms with Crippen LogP contribution in [0.5, 0.6) is 5.75 Å². The third-order valence-corrected chi connectivity index (χ3v) is 5.20. The minimum atomic E-state index is -0.370. The summed E-state index contributed by atoms with van der Waals surface area (Å²) in [6, 6.07) is 16.2. The molecule has 170 valence electrons. The van der Waals surface area contributed by atoms with Crippen molar-refractivity contribution < 1.29 is 19.1 Å². The van der Waals surface area contributed by atoms with Crippen LogP contribution in [0.15, 0.2) is 64.9 Å². The van der Waals surface area contributed by atoms with E-state index in [1.807, 2.05) is 56.3 Å². The van der Waals surface area contributed by atoms with Crippen LogP contribution in [-0.2, 0) is 16.1 Å². The maximum absolute atomic E-state index is 12.0. The quantitative estimate of drug-likeness (QED) is 0.169. The first kappa shape index (κ1) is 23.9. The number of aryl methyl sites for hydroxylation is 2. The van der Waals surface area contributed by atoms with E-state index in [1.165, 1.54) is 18.9 Å². The smallest absolute Gasteiger partial charge is 0.337 e. The molecule has 1 aromatic heterocycles. The summed E-state index contributed by atoms with van der Waals surface area (Å²) in [6.07, 6.45) is 1.56. The van der Waals surface area contributed by atoms with Crippen LogP contribution in [0.2, 0.25) is 0 Å². The highest BCUT2D eigenvalue weighted by molar-refractivity contribution is 7.99. The third kappa shape index (κ3) is 7.73. The Hall–Kier alpha value is -3.72. The summed E-state index contributed by atoms with van der Waals surface area (Å²) >= 11 is 1.26. The number of carbonyl (C=O) groups excluding carboxylic acids is 2. The molecule has 0 unspecified atom stereocenters. The summed E-state index contributed by atoms with van der Waals surface area (Å²) in [7, 11) is 1.35. The van der Waals surface area contributed by atoms with Gasteiger partial charge in [0.15, 0.2) is 5.16 Å². The summed E-state index contributed by atoms with van der Waals surface area (Å²) in [5.74, 6) is 0.258. The van der Waals surface area contributed by atoms with Gasteiger partial charge >= 0.3 is 5.97 Å². The van der Waals surface area contributed by atoms with Gasteiger partial charge in [-0.05, 0) is 67.4 Å². The molecule has 8 nitrogen and oxygen atoms in total. The van der Waals surface area contributed by atoms with Gasteiger partial charge in [0.25, 0.3) is 5.91 Å². The Labute approximate surface area is 196 Å². The average molecular weight is 465 g/mol. The topological polar surface area (TPSA) is 103 Å². The molecular formula is C24H24N4O4S. The Morgan fingerprint density at radius 1 is 1.03 bits per heavy atom. The fraction of sp³-hybridized carbons (Fsp3) is 0.208. The molecule has 0 saturated heterocycles. The molecular weight excluding hydrogens is 440 g/mol. The van der Waals surface area contributed by atoms with Crippen molar-refractivity contribution in [1.82, 2.24) is 15.4 Å². The number of nitrogens with zero attached hydrogens (tertiary/aromatic N) is 3. The number of ether oxygens (including phenoxy) is 2. The molecule has 0 aliphatic heterocycles. The molecule has 9 heteroatoms. The Balaban J connectivity index is 1.43. The van der Waals surface area contributed by atoms with E-state index in [2.05, 4.69) is 25.2 Å². The number of nitrogens with one attached hydrogen (secondary N) is 1. The predicted octanol–water partition coefficient (Wildman–Crippen LogP) is 3.70. The molecule has 1 N–H and O–H groups in total. The molecule has 3 aromatic rings. The van der Waals surface area contributed by atoms with Crippen LogP contribution < -0.4 is 10.2 Å². The zero-order valence-corrected chi connectivity index (χ0v) is 19.4. The number of rotatable bonds is 9. The highest BCUT2D eigenvalue weighted by Gasteiger charge is 2.06. The fourth-order valence-electron chi connectivity index (χ4n) is 2.77. The molecule has 0 spiro atoms. The zero-order valence-electron chi connectivity index (χ0n) is 18.6. The minimum Gasteiger partial charge on any atom is -0.489 e. The lowest BCUT2D eigenvalue weighted by atomic mass is 10.1. The Morgan fingerprint density at radius 3 is 2.33 bits per heavy atom. The predicted molar refractivity (Wildman–Crippen MR) is 127 cm³/mol. The molecule has 33 heavy (non-hydrogen) atoms. The first-order valence-corrected chi connectivity index (χ1v) is 11.1. The lowest BCUT2D eigenvalue weighted by molar-refractivity contribution is -0.118. The standard InChI is InChI=1S/C24H24N4O4S/c1-16-12-17(2)27-24(26-16)33-15-22(29)28-25-13-18-6-10-21(11-7-18)32-14-19-4-8-20(9-5-19)23(30)31-3/h4-13H,14-15H2,1-3H3,(H,28,29)/b25-13+. The molecule has 1 amide bonds. The van der Waals surface area contributed by atoms with E-state index in [0.29, 0.717) is 23.1 Å². The maximum Gasteiger partial charge on any atom is 0.337 e. The number of amides is 1. The number of methoxy groups -OCH3 is 1. The third-order valence-electron chi connectivity index (χ3n) is 4.36. The van der Waals surface area contributed by atoms with Gasteiger partial charge in [-0.15, -0.1) is 0 Å². The number of benzene rings is 2. The van der Waals surface area contributed by atoms with Crippen LogP contribution in [0.25, 0.3) is 0 Å². The number of hydrogen-bond donors (Lipinski definition) is 1. The first-order valence-electron chi connectivity index (χ1n) is 10.1. The summed E-state index contributed by atoms with van der Waals surface area (Å²) in [5, 5.41) is 4.56. The number of thioether (sulfide) groups is 1. The Bertz CT molecular complexity index is 1110. The van der Waals surface area contributed by atoms with Crippen molar-refractivity contribution in [3.63, 3.8) is 0 Å². The normalized spacial score (nSPS) is 10.8. The highest BCUT2D eigenvalue weighted by atomic mass is 32.2. The van der Waals surface area contributed by atoms with Crippen molar-refractivity contribution in [2.75, 3.05) is 12.9 Å². The zero-order chi connectivity index (χ0) is 23.6. The van der Waals surface area contributed by atoms with E-state index in [0.717, 1.165) is 22.5 Å². The molecule has 0 atom stereocenters. The van der Waals surface area contributed by atoms with Crippen molar-refractivity contribution in [2.45, 2.75) is 25.6 Å². The Morgan fingerprint density at radius 2 is 1.70 bits per heavy atom. The van der Waals surface area contributed by atoms with Gasteiger partial charge in [-0.2, -0.15) is 5.10 Å². The van der Waals surface area contributed by atoms with Gasteiger partial charge in [0.05, 0.1) is 24.6 Å². The first-order chi connectivity index (χ1) is 15.9. The molecule has 0 fully saturated rings. The minimum absolute atomic E-state index is 0.174. The van der Waals surface area contributed by atoms with Crippen LogP contribution in [0, 0.1) is 13.8 Å². The fourth-order valence-corrected chi connectivity index (χ4v) is 3.51. The van der Waals surface area contributed by atoms with Crippen LogP contribution in [0.3, 0.4) is 0 Å². The molecule has 0 saturated carbocycles.